The molecule has 0 amide bonds. The number of alkyl halides is 3. The lowest BCUT2D eigenvalue weighted by molar-refractivity contribution is -0.179. The molecule has 1 N–H and O–H groups in total. The highest BCUT2D eigenvalue weighted by atomic mass is 19.4. The molecule has 0 aliphatic heterocycles. The van der Waals surface area contributed by atoms with E-state index in [-0.39, 0.29) is 0 Å². The average molecular weight is 252 g/mol. The summed E-state index contributed by atoms with van der Waals surface area (Å²) in [4.78, 5) is 0. The van der Waals surface area contributed by atoms with Crippen molar-refractivity contribution in [2.24, 2.45) is 0 Å². The van der Waals surface area contributed by atoms with E-state index in [1.165, 1.54) is 6.20 Å². The van der Waals surface area contributed by atoms with E-state index in [9.17, 15) is 18.3 Å². The first-order valence-electron chi connectivity index (χ1n) is 5.27. The zero-order chi connectivity index (χ0) is 12.9. The number of aromatic nitrogens is 2. The van der Waals surface area contributed by atoms with Gasteiger partial charge in [-0.2, -0.15) is 18.3 Å². The number of aliphatic hydroxyl groups is 1. The van der Waals surface area contributed by atoms with Gasteiger partial charge in [-0.1, -0.05) is 6.92 Å². The Morgan fingerprint density at radius 2 is 2.24 bits per heavy atom. The first-order valence-corrected chi connectivity index (χ1v) is 5.27. The molecule has 17 heavy (non-hydrogen) atoms. The molecule has 98 valence electrons. The summed E-state index contributed by atoms with van der Waals surface area (Å²) in [7, 11) is 0. The highest BCUT2D eigenvalue weighted by Crippen LogP contribution is 2.17. The van der Waals surface area contributed by atoms with Gasteiger partial charge in [0.1, 0.15) is 12.7 Å². The summed E-state index contributed by atoms with van der Waals surface area (Å²) in [6.45, 7) is 0.935. The van der Waals surface area contributed by atoms with Crippen LogP contribution < -0.4 is 0 Å². The molecular weight excluding hydrogens is 237 g/mol. The molecule has 0 aromatic carbocycles. The van der Waals surface area contributed by atoms with Crippen molar-refractivity contribution in [3.8, 4) is 0 Å². The van der Waals surface area contributed by atoms with Crippen molar-refractivity contribution in [1.82, 2.24) is 9.78 Å². The molecule has 0 aliphatic carbocycles. The highest BCUT2D eigenvalue weighted by Gasteiger charge is 2.28. The standard InChI is InChI=1S/C10H15F3N2O2/c1-2-3-15-5-8(4-14-15)9(16)6-17-7-10(11,12)13/h4-5,9,16H,2-3,6-7H2,1H3. The van der Waals surface area contributed by atoms with Gasteiger partial charge in [-0.25, -0.2) is 0 Å². The van der Waals surface area contributed by atoms with Crippen molar-refractivity contribution in [2.75, 3.05) is 13.2 Å². The fraction of sp³-hybridized carbons (Fsp3) is 0.700. The number of hydrogen-bond acceptors (Lipinski definition) is 3. The smallest absolute Gasteiger partial charge is 0.386 e. The Balaban J connectivity index is 2.38. The molecule has 1 aromatic rings. The minimum atomic E-state index is -4.37. The van der Waals surface area contributed by atoms with Gasteiger partial charge in [-0.15, -0.1) is 0 Å². The fourth-order valence-corrected chi connectivity index (χ4v) is 1.29. The molecule has 0 bridgehead atoms. The maximum atomic E-state index is 11.8. The Morgan fingerprint density at radius 3 is 2.82 bits per heavy atom. The first-order chi connectivity index (χ1) is 7.92. The molecule has 4 nitrogen and oxygen atoms in total. The van der Waals surface area contributed by atoms with E-state index in [0.29, 0.717) is 12.1 Å². The molecule has 0 aliphatic rings. The number of rotatable bonds is 6. The Kier molecular flexibility index (Phi) is 4.95. The monoisotopic (exact) mass is 252 g/mol. The van der Waals surface area contributed by atoms with Crippen molar-refractivity contribution in [3.05, 3.63) is 18.0 Å². The zero-order valence-corrected chi connectivity index (χ0v) is 9.44. The van der Waals surface area contributed by atoms with Crippen molar-refractivity contribution in [1.29, 1.82) is 0 Å². The highest BCUT2D eigenvalue weighted by molar-refractivity contribution is 5.07. The number of nitrogens with zero attached hydrogens (tertiary/aromatic N) is 2. The molecule has 1 unspecified atom stereocenters. The van der Waals surface area contributed by atoms with E-state index in [1.54, 1.807) is 10.9 Å². The maximum Gasteiger partial charge on any atom is 0.411 e. The van der Waals surface area contributed by atoms with E-state index in [4.69, 9.17) is 0 Å². The molecule has 0 radical (unpaired) electrons. The Bertz CT molecular complexity index is 339. The van der Waals surface area contributed by atoms with Crippen LogP contribution in [0.1, 0.15) is 25.0 Å². The van der Waals surface area contributed by atoms with E-state index < -0.39 is 25.5 Å². The van der Waals surface area contributed by atoms with Gasteiger partial charge >= 0.3 is 6.18 Å². The predicted octanol–water partition coefficient (Wildman–Crippen LogP) is 1.91. The lowest BCUT2D eigenvalue weighted by Gasteiger charge is -2.11. The maximum absolute atomic E-state index is 11.8. The lowest BCUT2D eigenvalue weighted by Crippen LogP contribution is -2.19. The largest absolute Gasteiger partial charge is 0.411 e. The van der Waals surface area contributed by atoms with Gasteiger partial charge in [0, 0.05) is 18.3 Å². The third-order valence-corrected chi connectivity index (χ3v) is 2.03. The van der Waals surface area contributed by atoms with Gasteiger partial charge in [0.25, 0.3) is 0 Å². The Hall–Kier alpha value is -1.08. The minimum absolute atomic E-state index is 0.392. The van der Waals surface area contributed by atoms with Crippen molar-refractivity contribution in [2.45, 2.75) is 32.2 Å². The fourth-order valence-electron chi connectivity index (χ4n) is 1.29. The SMILES string of the molecule is CCCn1cc(C(O)COCC(F)(F)F)cn1. The third kappa shape index (κ3) is 5.18. The van der Waals surface area contributed by atoms with Crippen LogP contribution in [0.25, 0.3) is 0 Å². The van der Waals surface area contributed by atoms with Crippen LogP contribution in [0.2, 0.25) is 0 Å². The molecule has 0 fully saturated rings. The number of ether oxygens (including phenoxy) is 1. The Labute approximate surface area is 97.0 Å². The van der Waals surface area contributed by atoms with Gasteiger partial charge in [0.2, 0.25) is 0 Å². The molecule has 7 heteroatoms. The molecule has 1 heterocycles. The third-order valence-electron chi connectivity index (χ3n) is 2.03. The quantitative estimate of drug-likeness (QED) is 0.841. The second kappa shape index (κ2) is 6.02. The normalized spacial score (nSPS) is 13.9. The van der Waals surface area contributed by atoms with Crippen molar-refractivity contribution < 1.29 is 23.0 Å². The van der Waals surface area contributed by atoms with E-state index >= 15 is 0 Å². The van der Waals surface area contributed by atoms with Crippen LogP contribution in [-0.4, -0.2) is 34.3 Å². The summed E-state index contributed by atoms with van der Waals surface area (Å²) in [6, 6.07) is 0. The summed E-state index contributed by atoms with van der Waals surface area (Å²) >= 11 is 0. The lowest BCUT2D eigenvalue weighted by atomic mass is 10.2. The average Bonchev–Trinajstić information content (AvgIpc) is 2.65. The first kappa shape index (κ1) is 14.0. The van der Waals surface area contributed by atoms with Crippen LogP contribution in [0.15, 0.2) is 12.4 Å². The van der Waals surface area contributed by atoms with Gasteiger partial charge in [0.05, 0.1) is 12.8 Å². The zero-order valence-electron chi connectivity index (χ0n) is 9.44. The molecule has 0 saturated heterocycles. The molecule has 1 aromatic heterocycles. The summed E-state index contributed by atoms with van der Waals surface area (Å²) < 4.78 is 41.4. The van der Waals surface area contributed by atoms with Gasteiger partial charge < -0.3 is 9.84 Å². The number of hydrogen-bond donors (Lipinski definition) is 1. The topological polar surface area (TPSA) is 47.3 Å². The van der Waals surface area contributed by atoms with Crippen LogP contribution in [-0.2, 0) is 11.3 Å². The van der Waals surface area contributed by atoms with E-state index in [0.717, 1.165) is 6.42 Å². The molecule has 0 saturated carbocycles. The molecule has 0 spiro atoms. The second-order valence-corrected chi connectivity index (χ2v) is 3.68. The van der Waals surface area contributed by atoms with E-state index in [2.05, 4.69) is 9.84 Å². The number of aliphatic hydroxyl groups excluding tert-OH is 1. The molecule has 1 rings (SSSR count). The van der Waals surface area contributed by atoms with E-state index in [1.807, 2.05) is 6.92 Å². The second-order valence-electron chi connectivity index (χ2n) is 3.68. The minimum Gasteiger partial charge on any atom is -0.386 e. The summed E-state index contributed by atoms with van der Waals surface area (Å²) in [5, 5.41) is 13.5. The summed E-state index contributed by atoms with van der Waals surface area (Å²) in [5.74, 6) is 0. The van der Waals surface area contributed by atoms with Crippen molar-refractivity contribution >= 4 is 0 Å². The van der Waals surface area contributed by atoms with Gasteiger partial charge in [0.15, 0.2) is 0 Å². The number of halogens is 3. The Morgan fingerprint density at radius 1 is 1.53 bits per heavy atom. The van der Waals surface area contributed by atoms with Crippen LogP contribution >= 0.6 is 0 Å². The van der Waals surface area contributed by atoms with Crippen LogP contribution in [0.4, 0.5) is 13.2 Å². The predicted molar refractivity (Wildman–Crippen MR) is 54.4 cm³/mol. The summed E-state index contributed by atoms with van der Waals surface area (Å²) in [5.41, 5.74) is 0.459. The van der Waals surface area contributed by atoms with Crippen LogP contribution in [0.5, 0.6) is 0 Å². The summed E-state index contributed by atoms with van der Waals surface area (Å²) in [6.07, 6.45) is -1.53. The van der Waals surface area contributed by atoms with Crippen molar-refractivity contribution in [3.63, 3.8) is 0 Å². The molecule has 1 atom stereocenters. The number of aryl methyl sites for hydroxylation is 1. The van der Waals surface area contributed by atoms with Crippen LogP contribution in [0.3, 0.4) is 0 Å². The molecular formula is C10H15F3N2O2. The van der Waals surface area contributed by atoms with Gasteiger partial charge in [-0.05, 0) is 6.42 Å². The van der Waals surface area contributed by atoms with Crippen LogP contribution in [0, 0.1) is 0 Å². The van der Waals surface area contributed by atoms with Gasteiger partial charge in [-0.3, -0.25) is 4.68 Å².